The van der Waals surface area contributed by atoms with Crippen LogP contribution in [0.3, 0.4) is 0 Å². The fourth-order valence-corrected chi connectivity index (χ4v) is 2.27. The van der Waals surface area contributed by atoms with Crippen molar-refractivity contribution in [1.82, 2.24) is 0 Å². The minimum Gasteiger partial charge on any atom is -0.481 e. The van der Waals surface area contributed by atoms with Gasteiger partial charge in [0.15, 0.2) is 0 Å². The van der Waals surface area contributed by atoms with Crippen LogP contribution in [0, 0.1) is 17.8 Å². The molecule has 0 fully saturated rings. The first kappa shape index (κ1) is 20.5. The molecule has 0 aliphatic rings. The van der Waals surface area contributed by atoms with Gasteiger partial charge in [0.05, 0.1) is 6.42 Å². The molecular weight excluding hydrogens is 280 g/mol. The second-order valence-corrected chi connectivity index (χ2v) is 5.74. The van der Waals surface area contributed by atoms with Crippen LogP contribution in [-0.4, -0.2) is 22.2 Å². The average Bonchev–Trinajstić information content (AvgIpc) is 2.46. The molecule has 4 heteroatoms. The van der Waals surface area contributed by atoms with E-state index >= 15 is 0 Å². The van der Waals surface area contributed by atoms with Gasteiger partial charge >= 0.3 is 11.9 Å². The van der Waals surface area contributed by atoms with Crippen molar-refractivity contribution in [3.8, 4) is 11.8 Å². The third kappa shape index (κ3) is 13.5. The Hall–Kier alpha value is -1.50. The molecule has 126 valence electrons. The van der Waals surface area contributed by atoms with Crippen LogP contribution in [-0.2, 0) is 9.59 Å². The number of hydrogen-bond donors (Lipinski definition) is 2. The number of carbonyl (C=O) groups is 2. The smallest absolute Gasteiger partial charge is 0.319 e. The van der Waals surface area contributed by atoms with Crippen LogP contribution in [0.4, 0.5) is 0 Å². The van der Waals surface area contributed by atoms with Gasteiger partial charge in [-0.2, -0.15) is 0 Å². The van der Waals surface area contributed by atoms with E-state index in [1.54, 1.807) is 0 Å². The summed E-state index contributed by atoms with van der Waals surface area (Å²) in [6.07, 6.45) is 12.7. The predicted molar refractivity (Wildman–Crippen MR) is 87.6 cm³/mol. The maximum absolute atomic E-state index is 10.8. The molecule has 0 aromatic rings. The van der Waals surface area contributed by atoms with Crippen molar-refractivity contribution in [1.29, 1.82) is 0 Å². The first-order chi connectivity index (χ1) is 10.6. The van der Waals surface area contributed by atoms with Crippen molar-refractivity contribution in [2.24, 2.45) is 5.92 Å². The summed E-state index contributed by atoms with van der Waals surface area (Å²) in [7, 11) is 0. The Morgan fingerprint density at radius 3 is 1.82 bits per heavy atom. The molecule has 0 radical (unpaired) electrons. The van der Waals surface area contributed by atoms with Gasteiger partial charge < -0.3 is 10.2 Å². The number of unbranched alkanes of at least 4 members (excludes halogenated alkanes) is 10. The zero-order chi connectivity index (χ0) is 16.6. The molecule has 0 amide bonds. The minimum absolute atomic E-state index is 0.430. The van der Waals surface area contributed by atoms with Gasteiger partial charge in [-0.15, -0.1) is 5.92 Å². The van der Waals surface area contributed by atoms with Crippen LogP contribution in [0.25, 0.3) is 0 Å². The minimum atomic E-state index is -1.15. The zero-order valence-corrected chi connectivity index (χ0v) is 13.8. The zero-order valence-electron chi connectivity index (χ0n) is 13.8. The average molecular weight is 310 g/mol. The molecule has 0 spiro atoms. The Morgan fingerprint density at radius 1 is 0.864 bits per heavy atom. The lowest BCUT2D eigenvalue weighted by molar-refractivity contribution is -0.146. The highest BCUT2D eigenvalue weighted by molar-refractivity contribution is 5.80. The van der Waals surface area contributed by atoms with Crippen molar-refractivity contribution in [2.45, 2.75) is 84.0 Å². The molecule has 0 aromatic carbocycles. The SMILES string of the molecule is CCCCCCCCCCCCC#CC(CC(=O)O)C(=O)O. The summed E-state index contributed by atoms with van der Waals surface area (Å²) in [5, 5.41) is 17.4. The Labute approximate surface area is 134 Å². The Morgan fingerprint density at radius 2 is 1.36 bits per heavy atom. The highest BCUT2D eigenvalue weighted by Gasteiger charge is 2.17. The first-order valence-corrected chi connectivity index (χ1v) is 8.51. The third-order valence-electron chi connectivity index (χ3n) is 3.61. The lowest BCUT2D eigenvalue weighted by Gasteiger charge is -2.01. The summed E-state index contributed by atoms with van der Waals surface area (Å²) >= 11 is 0. The molecule has 0 bridgehead atoms. The molecule has 2 N–H and O–H groups in total. The summed E-state index contributed by atoms with van der Waals surface area (Å²) in [4.78, 5) is 21.3. The fraction of sp³-hybridized carbons (Fsp3) is 0.778. The van der Waals surface area contributed by atoms with Crippen molar-refractivity contribution in [3.05, 3.63) is 0 Å². The standard InChI is InChI=1S/C18H30O4/c1-2-3-4-5-6-7-8-9-10-11-12-13-14-16(18(21)22)15-17(19)20/h16H,2-12,15H2,1H3,(H,19,20)(H,21,22). The lowest BCUT2D eigenvalue weighted by Crippen LogP contribution is -2.15. The molecule has 1 unspecified atom stereocenters. The fourth-order valence-electron chi connectivity index (χ4n) is 2.27. The number of rotatable bonds is 13. The summed E-state index contributed by atoms with van der Waals surface area (Å²) < 4.78 is 0. The van der Waals surface area contributed by atoms with Gasteiger partial charge in [0.1, 0.15) is 5.92 Å². The predicted octanol–water partition coefficient (Wildman–Crippen LogP) is 4.48. The summed E-state index contributed by atoms with van der Waals surface area (Å²) in [5.41, 5.74) is 0. The third-order valence-corrected chi connectivity index (χ3v) is 3.61. The quantitative estimate of drug-likeness (QED) is 0.388. The van der Waals surface area contributed by atoms with Gasteiger partial charge in [-0.3, -0.25) is 9.59 Å². The van der Waals surface area contributed by atoms with Crippen LogP contribution in [0.15, 0.2) is 0 Å². The van der Waals surface area contributed by atoms with Crippen LogP contribution in [0.5, 0.6) is 0 Å². The molecule has 1 atom stereocenters. The summed E-state index contributed by atoms with van der Waals surface area (Å²) in [5.74, 6) is 1.99. The van der Waals surface area contributed by atoms with E-state index < -0.39 is 24.3 Å². The first-order valence-electron chi connectivity index (χ1n) is 8.51. The van der Waals surface area contributed by atoms with Crippen LogP contribution < -0.4 is 0 Å². The molecule has 0 saturated heterocycles. The van der Waals surface area contributed by atoms with E-state index in [1.165, 1.54) is 51.4 Å². The second kappa shape index (κ2) is 14.4. The maximum atomic E-state index is 10.8. The van der Waals surface area contributed by atoms with Crippen molar-refractivity contribution in [2.75, 3.05) is 0 Å². The number of carboxylic acid groups (broad SMARTS) is 2. The molecule has 0 heterocycles. The number of carboxylic acids is 2. The van der Waals surface area contributed by atoms with Crippen LogP contribution >= 0.6 is 0 Å². The number of aliphatic carboxylic acids is 2. The van der Waals surface area contributed by atoms with E-state index in [4.69, 9.17) is 10.2 Å². The summed E-state index contributed by atoms with van der Waals surface area (Å²) in [6.45, 7) is 2.23. The van der Waals surface area contributed by atoms with Gasteiger partial charge in [0.2, 0.25) is 0 Å². The molecule has 22 heavy (non-hydrogen) atoms. The van der Waals surface area contributed by atoms with E-state index in [1.807, 2.05) is 0 Å². The van der Waals surface area contributed by atoms with Gasteiger partial charge in [0.25, 0.3) is 0 Å². The van der Waals surface area contributed by atoms with Gasteiger partial charge in [-0.05, 0) is 6.42 Å². The number of hydrogen-bond acceptors (Lipinski definition) is 2. The van der Waals surface area contributed by atoms with E-state index in [-0.39, 0.29) is 0 Å². The molecule has 0 saturated carbocycles. The highest BCUT2D eigenvalue weighted by atomic mass is 16.4. The topological polar surface area (TPSA) is 74.6 Å². The van der Waals surface area contributed by atoms with E-state index in [2.05, 4.69) is 18.8 Å². The Kier molecular flexibility index (Phi) is 13.5. The van der Waals surface area contributed by atoms with Crippen LogP contribution in [0.1, 0.15) is 84.0 Å². The molecular formula is C18H30O4. The van der Waals surface area contributed by atoms with Crippen LogP contribution in [0.2, 0.25) is 0 Å². The van der Waals surface area contributed by atoms with Gasteiger partial charge in [0, 0.05) is 6.42 Å². The highest BCUT2D eigenvalue weighted by Crippen LogP contribution is 2.11. The lowest BCUT2D eigenvalue weighted by atomic mass is 10.0. The monoisotopic (exact) mass is 310 g/mol. The van der Waals surface area contributed by atoms with Gasteiger partial charge in [-0.1, -0.05) is 70.6 Å². The maximum Gasteiger partial charge on any atom is 0.319 e. The molecule has 4 nitrogen and oxygen atoms in total. The van der Waals surface area contributed by atoms with Crippen molar-refractivity contribution in [3.63, 3.8) is 0 Å². The molecule has 0 rings (SSSR count). The van der Waals surface area contributed by atoms with E-state index in [0.717, 1.165) is 12.8 Å². The normalized spacial score (nSPS) is 11.5. The molecule has 0 aromatic heterocycles. The second-order valence-electron chi connectivity index (χ2n) is 5.74. The molecule has 0 aliphatic heterocycles. The van der Waals surface area contributed by atoms with Crippen molar-refractivity contribution < 1.29 is 19.8 Å². The van der Waals surface area contributed by atoms with E-state index in [0.29, 0.717) is 6.42 Å². The van der Waals surface area contributed by atoms with E-state index in [9.17, 15) is 9.59 Å². The van der Waals surface area contributed by atoms with Gasteiger partial charge in [-0.25, -0.2) is 0 Å². The summed E-state index contributed by atoms with van der Waals surface area (Å²) in [6, 6.07) is 0. The Bertz CT molecular complexity index is 365. The largest absolute Gasteiger partial charge is 0.481 e. The molecule has 0 aliphatic carbocycles. The Balaban J connectivity index is 3.54. The van der Waals surface area contributed by atoms with Crippen molar-refractivity contribution >= 4 is 11.9 Å².